The Morgan fingerprint density at radius 1 is 0.758 bits per heavy atom. The highest BCUT2D eigenvalue weighted by Gasteiger charge is 2.32. The van der Waals surface area contributed by atoms with Gasteiger partial charge in [-0.15, -0.1) is 0 Å². The third-order valence-electron chi connectivity index (χ3n) is 6.41. The fourth-order valence-corrected chi connectivity index (χ4v) is 5.03. The van der Waals surface area contributed by atoms with Crippen LogP contribution in [0.4, 0.5) is 5.69 Å². The average Bonchev–Trinajstić information content (AvgIpc) is 3.21. The number of rotatable bonds is 3. The summed E-state index contributed by atoms with van der Waals surface area (Å²) < 4.78 is 7.28. The largest absolute Gasteiger partial charge is 0.466 e. The van der Waals surface area contributed by atoms with Gasteiger partial charge in [-0.3, -0.25) is 0 Å². The second-order valence-corrected chi connectivity index (χ2v) is 8.13. The van der Waals surface area contributed by atoms with Crippen molar-refractivity contribution in [1.29, 1.82) is 0 Å². The normalized spacial score (nSPS) is 15.1. The van der Waals surface area contributed by atoms with E-state index in [1.165, 1.54) is 35.1 Å². The predicted molar refractivity (Wildman–Crippen MR) is 133 cm³/mol. The number of anilines is 1. The Balaban J connectivity index is 1.71. The SMILES string of the molecule is COC(=O)/C=C/N1c2ccccc2-c2ccccc2C1n1c2ccccc2c2ccccc21. The summed E-state index contributed by atoms with van der Waals surface area (Å²) in [6.07, 6.45) is 3.15. The van der Waals surface area contributed by atoms with Gasteiger partial charge in [-0.25, -0.2) is 4.79 Å². The molecule has 1 atom stereocenters. The summed E-state index contributed by atoms with van der Waals surface area (Å²) in [4.78, 5) is 14.3. The van der Waals surface area contributed by atoms with Gasteiger partial charge in [-0.1, -0.05) is 78.9 Å². The van der Waals surface area contributed by atoms with Gasteiger partial charge in [-0.05, 0) is 23.8 Å². The second kappa shape index (κ2) is 7.68. The van der Waals surface area contributed by atoms with Crippen molar-refractivity contribution in [2.24, 2.45) is 0 Å². The summed E-state index contributed by atoms with van der Waals surface area (Å²) in [5.41, 5.74) is 6.85. The van der Waals surface area contributed by atoms with E-state index in [9.17, 15) is 4.79 Å². The zero-order chi connectivity index (χ0) is 22.4. The van der Waals surface area contributed by atoms with E-state index in [1.807, 2.05) is 12.3 Å². The Morgan fingerprint density at radius 3 is 2.03 bits per heavy atom. The molecule has 0 aliphatic carbocycles. The lowest BCUT2D eigenvalue weighted by atomic mass is 9.91. The molecule has 4 heteroatoms. The highest BCUT2D eigenvalue weighted by molar-refractivity contribution is 6.08. The van der Waals surface area contributed by atoms with Crippen molar-refractivity contribution in [3.05, 3.63) is 115 Å². The number of methoxy groups -OCH3 is 1. The lowest BCUT2D eigenvalue weighted by Gasteiger charge is -2.39. The van der Waals surface area contributed by atoms with Crippen LogP contribution < -0.4 is 4.90 Å². The number of fused-ring (bicyclic) bond motifs is 6. The minimum absolute atomic E-state index is 0.179. The Hall–Kier alpha value is -4.31. The number of carbonyl (C=O) groups is 1. The van der Waals surface area contributed by atoms with Gasteiger partial charge in [0.2, 0.25) is 0 Å². The van der Waals surface area contributed by atoms with Gasteiger partial charge in [0, 0.05) is 34.2 Å². The molecule has 4 aromatic carbocycles. The second-order valence-electron chi connectivity index (χ2n) is 8.13. The highest BCUT2D eigenvalue weighted by Crippen LogP contribution is 2.47. The number of esters is 1. The maximum absolute atomic E-state index is 12.1. The number of nitrogens with zero attached hydrogens (tertiary/aromatic N) is 2. The summed E-state index contributed by atoms with van der Waals surface area (Å²) in [7, 11) is 1.40. The van der Waals surface area contributed by atoms with Gasteiger partial charge < -0.3 is 14.2 Å². The number of ether oxygens (including phenoxy) is 1. The standard InChI is InChI=1S/C29H22N2O2/c1-33-28(32)18-19-30-25-15-7-4-11-21(25)20-10-2-3-14-24(20)29(30)31-26-16-8-5-12-22(26)23-13-6-9-17-27(23)31/h2-19,29H,1H3/b19-18+. The van der Waals surface area contributed by atoms with Gasteiger partial charge in [0.05, 0.1) is 23.8 Å². The average molecular weight is 431 g/mol. The molecule has 6 rings (SSSR count). The summed E-state index contributed by atoms with van der Waals surface area (Å²) >= 11 is 0. The minimum atomic E-state index is -0.382. The van der Waals surface area contributed by atoms with Gasteiger partial charge in [0.25, 0.3) is 0 Å². The predicted octanol–water partition coefficient (Wildman–Crippen LogP) is 6.52. The number of aromatic nitrogens is 1. The first-order chi connectivity index (χ1) is 16.3. The molecule has 1 aromatic heterocycles. The van der Waals surface area contributed by atoms with Crippen LogP contribution in [-0.4, -0.2) is 17.6 Å². The molecule has 0 N–H and O–H groups in total. The molecular formula is C29H22N2O2. The molecule has 2 heterocycles. The van der Waals surface area contributed by atoms with Gasteiger partial charge in [0.1, 0.15) is 6.17 Å². The van der Waals surface area contributed by atoms with Crippen molar-refractivity contribution in [1.82, 2.24) is 4.57 Å². The summed E-state index contributed by atoms with van der Waals surface area (Å²) in [6, 6.07) is 33.8. The summed E-state index contributed by atoms with van der Waals surface area (Å²) in [6.45, 7) is 0. The van der Waals surface area contributed by atoms with Crippen LogP contribution in [0.25, 0.3) is 32.9 Å². The molecule has 1 unspecified atom stereocenters. The molecule has 1 aliphatic heterocycles. The fraction of sp³-hybridized carbons (Fsp3) is 0.0690. The molecule has 0 fully saturated rings. The van der Waals surface area contributed by atoms with Crippen molar-refractivity contribution >= 4 is 33.5 Å². The molecule has 0 spiro atoms. The maximum atomic E-state index is 12.1. The number of benzene rings is 4. The number of carbonyl (C=O) groups excluding carboxylic acids is 1. The van der Waals surface area contributed by atoms with E-state index in [-0.39, 0.29) is 12.1 Å². The highest BCUT2D eigenvalue weighted by atomic mass is 16.5. The van der Waals surface area contributed by atoms with E-state index < -0.39 is 0 Å². The molecule has 1 aliphatic rings. The van der Waals surface area contributed by atoms with Gasteiger partial charge >= 0.3 is 5.97 Å². The maximum Gasteiger partial charge on any atom is 0.331 e. The monoisotopic (exact) mass is 430 g/mol. The van der Waals surface area contributed by atoms with Crippen LogP contribution in [0, 0.1) is 0 Å². The topological polar surface area (TPSA) is 34.5 Å². The van der Waals surface area contributed by atoms with Crippen molar-refractivity contribution in [3.63, 3.8) is 0 Å². The van der Waals surface area contributed by atoms with Crippen LogP contribution in [0.3, 0.4) is 0 Å². The molecular weight excluding hydrogens is 408 g/mol. The van der Waals surface area contributed by atoms with E-state index in [1.54, 1.807) is 0 Å². The molecule has 0 saturated carbocycles. The van der Waals surface area contributed by atoms with Crippen LogP contribution in [-0.2, 0) is 9.53 Å². The first-order valence-corrected chi connectivity index (χ1v) is 11.0. The Labute approximate surface area is 191 Å². The number of hydrogen-bond donors (Lipinski definition) is 0. The Bertz CT molecular complexity index is 1490. The molecule has 0 amide bonds. The van der Waals surface area contributed by atoms with Crippen molar-refractivity contribution < 1.29 is 9.53 Å². The van der Waals surface area contributed by atoms with Crippen molar-refractivity contribution in [2.75, 3.05) is 12.0 Å². The minimum Gasteiger partial charge on any atom is -0.466 e. The third kappa shape index (κ3) is 2.95. The van der Waals surface area contributed by atoms with Gasteiger partial charge in [-0.2, -0.15) is 0 Å². The number of para-hydroxylation sites is 3. The first kappa shape index (κ1) is 19.4. The molecule has 0 saturated heterocycles. The smallest absolute Gasteiger partial charge is 0.331 e. The summed E-state index contributed by atoms with van der Waals surface area (Å²) in [5.74, 6) is -0.382. The van der Waals surface area contributed by atoms with E-state index in [4.69, 9.17) is 4.74 Å². The molecule has 5 aromatic rings. The lowest BCUT2D eigenvalue weighted by molar-refractivity contribution is -0.134. The quantitative estimate of drug-likeness (QED) is 0.242. The lowest BCUT2D eigenvalue weighted by Crippen LogP contribution is -2.33. The molecule has 160 valence electrons. The Morgan fingerprint density at radius 2 is 1.33 bits per heavy atom. The molecule has 0 radical (unpaired) electrons. The van der Waals surface area contributed by atoms with E-state index >= 15 is 0 Å². The van der Waals surface area contributed by atoms with Crippen LogP contribution >= 0.6 is 0 Å². The molecule has 33 heavy (non-hydrogen) atoms. The zero-order valence-electron chi connectivity index (χ0n) is 18.2. The van der Waals surface area contributed by atoms with E-state index in [0.717, 1.165) is 22.3 Å². The third-order valence-corrected chi connectivity index (χ3v) is 6.41. The van der Waals surface area contributed by atoms with E-state index in [0.29, 0.717) is 0 Å². The van der Waals surface area contributed by atoms with Crippen LogP contribution in [0.5, 0.6) is 0 Å². The van der Waals surface area contributed by atoms with E-state index in [2.05, 4.69) is 100 Å². The first-order valence-electron chi connectivity index (χ1n) is 11.0. The summed E-state index contributed by atoms with van der Waals surface area (Å²) in [5, 5.41) is 2.42. The molecule has 0 bridgehead atoms. The zero-order valence-corrected chi connectivity index (χ0v) is 18.2. The van der Waals surface area contributed by atoms with Gasteiger partial charge in [0.15, 0.2) is 0 Å². The number of hydrogen-bond acceptors (Lipinski definition) is 3. The Kier molecular flexibility index (Phi) is 4.51. The van der Waals surface area contributed by atoms with Crippen molar-refractivity contribution in [2.45, 2.75) is 6.17 Å². The van der Waals surface area contributed by atoms with Crippen LogP contribution in [0.2, 0.25) is 0 Å². The molecule has 4 nitrogen and oxygen atoms in total. The van der Waals surface area contributed by atoms with Crippen molar-refractivity contribution in [3.8, 4) is 11.1 Å². The van der Waals surface area contributed by atoms with Crippen LogP contribution in [0.1, 0.15) is 11.7 Å². The fourth-order valence-electron chi connectivity index (χ4n) is 5.03. The van der Waals surface area contributed by atoms with Crippen LogP contribution in [0.15, 0.2) is 109 Å².